The third kappa shape index (κ3) is 2.21. The van der Waals surface area contributed by atoms with Crippen LogP contribution in [0.5, 0.6) is 0 Å². The van der Waals surface area contributed by atoms with Gasteiger partial charge < -0.3 is 9.47 Å². The Morgan fingerprint density at radius 1 is 1.47 bits per heavy atom. The lowest BCUT2D eigenvalue weighted by molar-refractivity contribution is -0.0650. The molecule has 1 fully saturated rings. The predicted octanol–water partition coefficient (Wildman–Crippen LogP) is 3.20. The highest BCUT2D eigenvalue weighted by Gasteiger charge is 2.43. The highest BCUT2D eigenvalue weighted by Crippen LogP contribution is 2.40. The van der Waals surface area contributed by atoms with Crippen molar-refractivity contribution in [3.05, 3.63) is 29.6 Å². The molecule has 1 heterocycles. The van der Waals surface area contributed by atoms with Gasteiger partial charge in [-0.1, -0.05) is 0 Å². The molecule has 2 atom stereocenters. The monoisotopic (exact) mass is 256 g/mol. The first-order valence-corrected chi connectivity index (χ1v) is 6.86. The van der Waals surface area contributed by atoms with Crippen LogP contribution in [0.1, 0.15) is 18.9 Å². The van der Waals surface area contributed by atoms with Gasteiger partial charge in [-0.05, 0) is 36.9 Å². The number of methoxy groups -OCH3 is 1. The quantitative estimate of drug-likeness (QED) is 0.774. The minimum atomic E-state index is -0.507. The van der Waals surface area contributed by atoms with Crippen molar-refractivity contribution in [1.29, 1.82) is 0 Å². The van der Waals surface area contributed by atoms with Gasteiger partial charge in [0.1, 0.15) is 11.4 Å². The summed E-state index contributed by atoms with van der Waals surface area (Å²) in [6.07, 6.45) is 2.65. The fourth-order valence-electron chi connectivity index (χ4n) is 2.42. The Hall–Kier alpha value is -0.580. The Morgan fingerprint density at radius 3 is 2.76 bits per heavy atom. The molecule has 1 saturated heterocycles. The minimum absolute atomic E-state index is 0.0518. The van der Waals surface area contributed by atoms with Crippen LogP contribution in [0, 0.1) is 5.82 Å². The average molecular weight is 256 g/mol. The van der Waals surface area contributed by atoms with Gasteiger partial charge in [0.05, 0.1) is 12.7 Å². The molecule has 0 saturated carbocycles. The Kier molecular flexibility index (Phi) is 3.76. The number of rotatable bonds is 3. The average Bonchev–Trinajstić information content (AvgIpc) is 2.70. The van der Waals surface area contributed by atoms with Gasteiger partial charge >= 0.3 is 0 Å². The maximum Gasteiger partial charge on any atom is 0.124 e. The van der Waals surface area contributed by atoms with Crippen LogP contribution in [-0.2, 0) is 15.1 Å². The first-order valence-electron chi connectivity index (χ1n) is 5.64. The second-order valence-electron chi connectivity index (χ2n) is 4.24. The molecule has 0 bridgehead atoms. The van der Waals surface area contributed by atoms with E-state index in [1.807, 2.05) is 19.2 Å². The van der Waals surface area contributed by atoms with Gasteiger partial charge in [0.2, 0.25) is 0 Å². The molecule has 1 aliphatic heterocycles. The number of halogens is 1. The first kappa shape index (κ1) is 12.9. The summed E-state index contributed by atoms with van der Waals surface area (Å²) in [4.78, 5) is 0.913. The van der Waals surface area contributed by atoms with Crippen LogP contribution in [-0.4, -0.2) is 26.1 Å². The lowest BCUT2D eigenvalue weighted by Gasteiger charge is -2.31. The number of ether oxygens (including phenoxy) is 2. The van der Waals surface area contributed by atoms with Crippen LogP contribution < -0.4 is 0 Å². The minimum Gasteiger partial charge on any atom is -0.375 e. The highest BCUT2D eigenvalue weighted by molar-refractivity contribution is 7.98. The SMILES string of the molecule is COC1(c2cc(F)cc(SC)c2)CCOC1C. The van der Waals surface area contributed by atoms with Crippen molar-refractivity contribution < 1.29 is 13.9 Å². The summed E-state index contributed by atoms with van der Waals surface area (Å²) in [5, 5.41) is 0. The lowest BCUT2D eigenvalue weighted by Crippen LogP contribution is -2.35. The molecule has 2 unspecified atom stereocenters. The zero-order valence-corrected chi connectivity index (χ0v) is 11.1. The van der Waals surface area contributed by atoms with Gasteiger partial charge in [-0.25, -0.2) is 4.39 Å². The van der Waals surface area contributed by atoms with E-state index in [0.717, 1.165) is 16.9 Å². The van der Waals surface area contributed by atoms with Gasteiger partial charge in [0.25, 0.3) is 0 Å². The van der Waals surface area contributed by atoms with E-state index < -0.39 is 5.60 Å². The molecule has 0 aliphatic carbocycles. The summed E-state index contributed by atoms with van der Waals surface area (Å²) in [5.41, 5.74) is 0.362. The Labute approximate surface area is 105 Å². The van der Waals surface area contributed by atoms with Gasteiger partial charge in [-0.2, -0.15) is 0 Å². The summed E-state index contributed by atoms with van der Waals surface area (Å²) in [7, 11) is 1.66. The zero-order valence-electron chi connectivity index (χ0n) is 10.3. The van der Waals surface area contributed by atoms with E-state index in [0.29, 0.717) is 6.61 Å². The fourth-order valence-corrected chi connectivity index (χ4v) is 2.89. The fraction of sp³-hybridized carbons (Fsp3) is 0.538. The van der Waals surface area contributed by atoms with Gasteiger partial charge in [-0.15, -0.1) is 11.8 Å². The number of hydrogen-bond acceptors (Lipinski definition) is 3. The molecule has 0 N–H and O–H groups in total. The van der Waals surface area contributed by atoms with Gasteiger partial charge in [0.15, 0.2) is 0 Å². The van der Waals surface area contributed by atoms with Gasteiger partial charge in [-0.3, -0.25) is 0 Å². The van der Waals surface area contributed by atoms with E-state index >= 15 is 0 Å². The molecule has 2 nitrogen and oxygen atoms in total. The smallest absolute Gasteiger partial charge is 0.124 e. The predicted molar refractivity (Wildman–Crippen MR) is 66.9 cm³/mol. The van der Waals surface area contributed by atoms with Crippen molar-refractivity contribution >= 4 is 11.8 Å². The van der Waals surface area contributed by atoms with Crippen LogP contribution in [0.4, 0.5) is 4.39 Å². The van der Waals surface area contributed by atoms with Crippen LogP contribution in [0.15, 0.2) is 23.1 Å². The summed E-state index contributed by atoms with van der Waals surface area (Å²) >= 11 is 1.53. The maximum atomic E-state index is 13.6. The molecule has 2 rings (SSSR count). The van der Waals surface area contributed by atoms with Crippen LogP contribution in [0.2, 0.25) is 0 Å². The molecule has 0 aromatic heterocycles. The molecular formula is C13H17FO2S. The van der Waals surface area contributed by atoms with E-state index in [2.05, 4.69) is 0 Å². The first-order chi connectivity index (χ1) is 8.12. The lowest BCUT2D eigenvalue weighted by atomic mass is 9.87. The summed E-state index contributed by atoms with van der Waals surface area (Å²) in [6.45, 7) is 2.63. The van der Waals surface area contributed by atoms with Crippen molar-refractivity contribution in [2.24, 2.45) is 0 Å². The van der Waals surface area contributed by atoms with E-state index in [9.17, 15) is 4.39 Å². The van der Waals surface area contributed by atoms with Crippen molar-refractivity contribution in [3.63, 3.8) is 0 Å². The second kappa shape index (κ2) is 4.96. The van der Waals surface area contributed by atoms with Gasteiger partial charge in [0, 0.05) is 18.4 Å². The van der Waals surface area contributed by atoms with Crippen molar-refractivity contribution in [2.45, 2.75) is 29.9 Å². The van der Waals surface area contributed by atoms with E-state index in [1.54, 1.807) is 13.2 Å². The van der Waals surface area contributed by atoms with Crippen molar-refractivity contribution in [1.82, 2.24) is 0 Å². The molecule has 0 radical (unpaired) electrons. The molecule has 94 valence electrons. The zero-order chi connectivity index (χ0) is 12.5. The summed E-state index contributed by atoms with van der Waals surface area (Å²) in [6, 6.07) is 5.08. The van der Waals surface area contributed by atoms with E-state index in [-0.39, 0.29) is 11.9 Å². The topological polar surface area (TPSA) is 18.5 Å². The second-order valence-corrected chi connectivity index (χ2v) is 5.12. The maximum absolute atomic E-state index is 13.6. The number of thioether (sulfide) groups is 1. The van der Waals surface area contributed by atoms with Crippen LogP contribution in [0.25, 0.3) is 0 Å². The summed E-state index contributed by atoms with van der Waals surface area (Å²) < 4.78 is 24.8. The molecule has 17 heavy (non-hydrogen) atoms. The van der Waals surface area contributed by atoms with Crippen molar-refractivity contribution in [2.75, 3.05) is 20.0 Å². The number of hydrogen-bond donors (Lipinski definition) is 0. The van der Waals surface area contributed by atoms with Crippen molar-refractivity contribution in [3.8, 4) is 0 Å². The Bertz CT molecular complexity index is 410. The third-order valence-corrected chi connectivity index (χ3v) is 4.16. The highest BCUT2D eigenvalue weighted by atomic mass is 32.2. The number of benzene rings is 1. The largest absolute Gasteiger partial charge is 0.375 e. The third-order valence-electron chi connectivity index (χ3n) is 3.46. The molecule has 1 aliphatic rings. The molecule has 0 spiro atoms. The molecular weight excluding hydrogens is 239 g/mol. The Morgan fingerprint density at radius 2 is 2.24 bits per heavy atom. The molecule has 0 amide bonds. The van der Waals surface area contributed by atoms with E-state index in [4.69, 9.17) is 9.47 Å². The molecule has 4 heteroatoms. The molecule has 1 aromatic rings. The summed E-state index contributed by atoms with van der Waals surface area (Å²) in [5.74, 6) is -0.220. The van der Waals surface area contributed by atoms with E-state index in [1.165, 1.54) is 17.8 Å². The Balaban J connectivity index is 2.47. The van der Waals surface area contributed by atoms with Crippen LogP contribution >= 0.6 is 11.8 Å². The molecule has 1 aromatic carbocycles. The standard InChI is InChI=1S/C13H17FO2S/c1-9-13(15-2,4-5-16-9)10-6-11(14)8-12(7-10)17-3/h6-9H,4-5H2,1-3H3. The normalized spacial score (nSPS) is 28.6. The van der Waals surface area contributed by atoms with Crippen LogP contribution in [0.3, 0.4) is 0 Å².